The highest BCUT2D eigenvalue weighted by Crippen LogP contribution is 2.28. The first-order valence-electron chi connectivity index (χ1n) is 7.77. The van der Waals surface area contributed by atoms with E-state index in [1.807, 2.05) is 0 Å². The molecule has 0 amide bonds. The molecule has 130 valence electrons. The highest BCUT2D eigenvalue weighted by atomic mass is 16.6. The van der Waals surface area contributed by atoms with Crippen molar-refractivity contribution in [1.82, 2.24) is 10.6 Å². The molecular formula is C16H20N2O6. The molecule has 24 heavy (non-hydrogen) atoms. The van der Waals surface area contributed by atoms with E-state index in [0.29, 0.717) is 26.3 Å². The molecule has 2 unspecified atom stereocenters. The first kappa shape index (κ1) is 16.8. The third-order valence-electron chi connectivity index (χ3n) is 4.13. The second-order valence-corrected chi connectivity index (χ2v) is 5.87. The summed E-state index contributed by atoms with van der Waals surface area (Å²) in [5.41, 5.74) is -0.905. The first-order chi connectivity index (χ1) is 11.5. The van der Waals surface area contributed by atoms with E-state index >= 15 is 0 Å². The van der Waals surface area contributed by atoms with Gasteiger partial charge in [-0.2, -0.15) is 0 Å². The average molecular weight is 336 g/mol. The summed E-state index contributed by atoms with van der Waals surface area (Å²) in [6, 6.07) is 5.73. The van der Waals surface area contributed by atoms with Gasteiger partial charge in [0.05, 0.1) is 24.3 Å². The Morgan fingerprint density at radius 3 is 2.25 bits per heavy atom. The molecule has 2 atom stereocenters. The minimum Gasteiger partial charge on any atom is -0.478 e. The Labute approximate surface area is 139 Å². The molecule has 1 aromatic carbocycles. The summed E-state index contributed by atoms with van der Waals surface area (Å²) < 4.78 is 17.0. The maximum absolute atomic E-state index is 12.6. The lowest BCUT2D eigenvalue weighted by molar-refractivity contribution is -0.159. The van der Waals surface area contributed by atoms with Gasteiger partial charge in [0.15, 0.2) is 18.1 Å². The number of esters is 1. The van der Waals surface area contributed by atoms with Crippen LogP contribution < -0.4 is 10.6 Å². The van der Waals surface area contributed by atoms with Gasteiger partial charge in [0.25, 0.3) is 0 Å². The maximum Gasteiger partial charge on any atom is 0.338 e. The van der Waals surface area contributed by atoms with Gasteiger partial charge in [0.2, 0.25) is 0 Å². The SMILES string of the molecule is CC(OC(=O)c1cccc(C(=O)O)c1)(C1NCCO1)C1NCCO1. The Kier molecular flexibility index (Phi) is 4.81. The number of carboxylic acid groups (broad SMARTS) is 1. The fourth-order valence-electron chi connectivity index (χ4n) is 2.87. The monoisotopic (exact) mass is 336 g/mol. The zero-order chi connectivity index (χ0) is 17.2. The molecule has 1 aromatic rings. The van der Waals surface area contributed by atoms with Crippen LogP contribution in [0.3, 0.4) is 0 Å². The van der Waals surface area contributed by atoms with E-state index in [4.69, 9.17) is 19.3 Å². The topological polar surface area (TPSA) is 106 Å². The molecule has 2 heterocycles. The number of benzene rings is 1. The highest BCUT2D eigenvalue weighted by Gasteiger charge is 2.49. The normalized spacial score (nSPS) is 26.0. The highest BCUT2D eigenvalue weighted by molar-refractivity contribution is 5.94. The Balaban J connectivity index is 1.82. The molecule has 2 fully saturated rings. The maximum atomic E-state index is 12.6. The molecule has 0 saturated carbocycles. The van der Waals surface area contributed by atoms with E-state index in [1.54, 1.807) is 6.92 Å². The minimum absolute atomic E-state index is 0.0247. The van der Waals surface area contributed by atoms with Gasteiger partial charge in [-0.25, -0.2) is 9.59 Å². The molecule has 2 aliphatic rings. The zero-order valence-electron chi connectivity index (χ0n) is 13.3. The van der Waals surface area contributed by atoms with Crippen LogP contribution in [-0.2, 0) is 14.2 Å². The van der Waals surface area contributed by atoms with Crippen LogP contribution in [0.25, 0.3) is 0 Å². The largest absolute Gasteiger partial charge is 0.478 e. The molecule has 8 heteroatoms. The molecular weight excluding hydrogens is 316 g/mol. The lowest BCUT2D eigenvalue weighted by Crippen LogP contribution is -2.60. The Morgan fingerprint density at radius 2 is 1.75 bits per heavy atom. The quantitative estimate of drug-likeness (QED) is 0.655. The summed E-state index contributed by atoms with van der Waals surface area (Å²) >= 11 is 0. The van der Waals surface area contributed by atoms with Crippen molar-refractivity contribution in [3.8, 4) is 0 Å². The molecule has 2 saturated heterocycles. The van der Waals surface area contributed by atoms with E-state index in [1.165, 1.54) is 24.3 Å². The second kappa shape index (κ2) is 6.86. The van der Waals surface area contributed by atoms with Crippen LogP contribution in [0.2, 0.25) is 0 Å². The van der Waals surface area contributed by atoms with Crippen LogP contribution in [-0.4, -0.2) is 61.4 Å². The van der Waals surface area contributed by atoms with E-state index in [9.17, 15) is 9.59 Å². The van der Waals surface area contributed by atoms with Crippen LogP contribution in [0.4, 0.5) is 0 Å². The molecule has 0 radical (unpaired) electrons. The van der Waals surface area contributed by atoms with Crippen molar-refractivity contribution >= 4 is 11.9 Å². The number of carbonyl (C=O) groups is 2. The van der Waals surface area contributed by atoms with E-state index in [2.05, 4.69) is 10.6 Å². The molecule has 0 aromatic heterocycles. The molecule has 3 N–H and O–H groups in total. The number of carboxylic acids is 1. The molecule has 0 bridgehead atoms. The van der Waals surface area contributed by atoms with Crippen molar-refractivity contribution in [2.24, 2.45) is 0 Å². The van der Waals surface area contributed by atoms with Gasteiger partial charge < -0.3 is 19.3 Å². The molecule has 0 aliphatic carbocycles. The Morgan fingerprint density at radius 1 is 1.17 bits per heavy atom. The van der Waals surface area contributed by atoms with Crippen molar-refractivity contribution in [2.45, 2.75) is 25.0 Å². The number of hydrogen-bond acceptors (Lipinski definition) is 7. The number of hydrogen-bond donors (Lipinski definition) is 3. The fraction of sp³-hybridized carbons (Fsp3) is 0.500. The van der Waals surface area contributed by atoms with Crippen molar-refractivity contribution in [1.29, 1.82) is 0 Å². The van der Waals surface area contributed by atoms with Gasteiger partial charge in [0, 0.05) is 13.1 Å². The zero-order valence-corrected chi connectivity index (χ0v) is 13.3. The van der Waals surface area contributed by atoms with E-state index < -0.39 is 30.0 Å². The molecule has 2 aliphatic heterocycles. The van der Waals surface area contributed by atoms with Crippen molar-refractivity contribution in [3.63, 3.8) is 0 Å². The summed E-state index contributed by atoms with van der Waals surface area (Å²) in [7, 11) is 0. The first-order valence-corrected chi connectivity index (χ1v) is 7.77. The Hall–Kier alpha value is -2.00. The third-order valence-corrected chi connectivity index (χ3v) is 4.13. The van der Waals surface area contributed by atoms with Crippen molar-refractivity contribution < 1.29 is 28.9 Å². The molecule has 3 rings (SSSR count). The van der Waals surface area contributed by atoms with Gasteiger partial charge in [-0.15, -0.1) is 0 Å². The lowest BCUT2D eigenvalue weighted by atomic mass is 10.0. The summed E-state index contributed by atoms with van der Waals surface area (Å²) in [6.07, 6.45) is -1.03. The predicted molar refractivity (Wildman–Crippen MR) is 82.7 cm³/mol. The smallest absolute Gasteiger partial charge is 0.338 e. The van der Waals surface area contributed by atoms with Gasteiger partial charge in [-0.3, -0.25) is 10.6 Å². The van der Waals surface area contributed by atoms with Gasteiger partial charge in [0.1, 0.15) is 0 Å². The van der Waals surface area contributed by atoms with Gasteiger partial charge in [-0.1, -0.05) is 6.07 Å². The van der Waals surface area contributed by atoms with E-state index in [0.717, 1.165) is 0 Å². The number of nitrogens with one attached hydrogen (secondary N) is 2. The lowest BCUT2D eigenvalue weighted by Gasteiger charge is -2.38. The van der Waals surface area contributed by atoms with Crippen LogP contribution >= 0.6 is 0 Å². The van der Waals surface area contributed by atoms with Crippen LogP contribution in [0.15, 0.2) is 24.3 Å². The fourth-order valence-corrected chi connectivity index (χ4v) is 2.87. The van der Waals surface area contributed by atoms with Crippen LogP contribution in [0.5, 0.6) is 0 Å². The van der Waals surface area contributed by atoms with Crippen molar-refractivity contribution in [2.75, 3.05) is 26.3 Å². The Bertz CT molecular complexity index is 607. The number of rotatable bonds is 5. The van der Waals surface area contributed by atoms with Gasteiger partial charge in [-0.05, 0) is 25.1 Å². The van der Waals surface area contributed by atoms with Gasteiger partial charge >= 0.3 is 11.9 Å². The minimum atomic E-state index is -1.10. The predicted octanol–water partition coefficient (Wildman–Crippen LogP) is 0.192. The average Bonchev–Trinajstić information content (AvgIpc) is 3.28. The summed E-state index contributed by atoms with van der Waals surface area (Å²) in [6.45, 7) is 4.06. The standard InChI is InChI=1S/C16H20N2O6/c1-16(14-17-5-7-22-14,15-18-6-8-23-15)24-13(21)11-4-2-3-10(9-11)12(19)20/h2-4,9,14-15,17-18H,5-8H2,1H3,(H,19,20). The van der Waals surface area contributed by atoms with Crippen molar-refractivity contribution in [3.05, 3.63) is 35.4 Å². The second-order valence-electron chi connectivity index (χ2n) is 5.87. The van der Waals surface area contributed by atoms with Crippen LogP contribution in [0.1, 0.15) is 27.6 Å². The summed E-state index contributed by atoms with van der Waals surface area (Å²) in [5.74, 6) is -1.73. The number of carbonyl (C=O) groups excluding carboxylic acids is 1. The van der Waals surface area contributed by atoms with E-state index in [-0.39, 0.29) is 11.1 Å². The number of aromatic carboxylic acids is 1. The summed E-state index contributed by atoms with van der Waals surface area (Å²) in [5, 5.41) is 15.4. The third kappa shape index (κ3) is 3.27. The molecule has 8 nitrogen and oxygen atoms in total. The van der Waals surface area contributed by atoms with Crippen LogP contribution in [0, 0.1) is 0 Å². The summed E-state index contributed by atoms with van der Waals surface area (Å²) in [4.78, 5) is 23.6. The number of ether oxygens (including phenoxy) is 3. The molecule has 0 spiro atoms.